The molecule has 1 unspecified atom stereocenters. The molecule has 0 amide bonds. The highest BCUT2D eigenvalue weighted by atomic mass is 35.5. The molecule has 4 aliphatic rings. The van der Waals surface area contributed by atoms with Gasteiger partial charge in [-0.15, -0.1) is 12.4 Å². The molecule has 0 aromatic heterocycles. The molecule has 132 valence electrons. The van der Waals surface area contributed by atoms with E-state index in [1.54, 1.807) is 7.11 Å². The first-order valence-electron chi connectivity index (χ1n) is 8.25. The van der Waals surface area contributed by atoms with Crippen molar-refractivity contribution in [1.82, 2.24) is 4.90 Å². The third kappa shape index (κ3) is 1.83. The number of fused-ring (bicyclic) bond motifs is 2. The van der Waals surface area contributed by atoms with Crippen LogP contribution in [0.25, 0.3) is 0 Å². The second-order valence-electron chi connectivity index (χ2n) is 7.09. The number of aliphatic hydroxyl groups excluding tert-OH is 2. The van der Waals surface area contributed by atoms with E-state index in [-0.39, 0.29) is 30.7 Å². The van der Waals surface area contributed by atoms with E-state index in [4.69, 9.17) is 14.2 Å². The van der Waals surface area contributed by atoms with E-state index in [2.05, 4.69) is 4.90 Å². The molecule has 5 atom stereocenters. The van der Waals surface area contributed by atoms with Crippen molar-refractivity contribution in [3.8, 4) is 17.2 Å². The summed E-state index contributed by atoms with van der Waals surface area (Å²) in [5, 5.41) is 21.0. The topological polar surface area (TPSA) is 71.4 Å². The molecule has 3 aliphatic heterocycles. The van der Waals surface area contributed by atoms with Crippen LogP contribution >= 0.6 is 12.4 Å². The molecule has 24 heavy (non-hydrogen) atoms. The molecule has 3 heterocycles. The smallest absolute Gasteiger partial charge is 0.231 e. The van der Waals surface area contributed by atoms with Gasteiger partial charge < -0.3 is 24.4 Å². The van der Waals surface area contributed by atoms with Gasteiger partial charge in [0.05, 0.1) is 19.3 Å². The monoisotopic (exact) mass is 355 g/mol. The molecule has 1 saturated carbocycles. The van der Waals surface area contributed by atoms with Crippen molar-refractivity contribution >= 4 is 12.4 Å². The van der Waals surface area contributed by atoms with Crippen LogP contribution in [-0.2, 0) is 12.0 Å². The van der Waals surface area contributed by atoms with E-state index in [0.29, 0.717) is 24.3 Å². The lowest BCUT2D eigenvalue weighted by Gasteiger charge is -2.51. The summed E-state index contributed by atoms with van der Waals surface area (Å²) in [4.78, 5) is 2.37. The van der Waals surface area contributed by atoms with E-state index >= 15 is 0 Å². The van der Waals surface area contributed by atoms with E-state index in [9.17, 15) is 10.2 Å². The molecule has 2 N–H and O–H groups in total. The maximum Gasteiger partial charge on any atom is 0.231 e. The molecule has 0 radical (unpaired) electrons. The maximum atomic E-state index is 10.9. The lowest BCUT2D eigenvalue weighted by molar-refractivity contribution is -0.0502. The Morgan fingerprint density at radius 3 is 2.92 bits per heavy atom. The second-order valence-corrected chi connectivity index (χ2v) is 7.09. The van der Waals surface area contributed by atoms with Crippen molar-refractivity contribution in [3.05, 3.63) is 17.2 Å². The zero-order chi connectivity index (χ0) is 15.8. The summed E-state index contributed by atoms with van der Waals surface area (Å²) in [6, 6.07) is 2.22. The molecule has 2 fully saturated rings. The Kier molecular flexibility index (Phi) is 3.66. The Morgan fingerprint density at radius 2 is 2.12 bits per heavy atom. The normalized spacial score (nSPS) is 38.1. The third-order valence-electron chi connectivity index (χ3n) is 6.22. The molecule has 1 saturated heterocycles. The van der Waals surface area contributed by atoms with Crippen LogP contribution in [0.15, 0.2) is 6.07 Å². The van der Waals surface area contributed by atoms with Crippen molar-refractivity contribution in [1.29, 1.82) is 0 Å². The van der Waals surface area contributed by atoms with Crippen LogP contribution in [0.1, 0.15) is 30.4 Å². The van der Waals surface area contributed by atoms with Crippen molar-refractivity contribution in [3.63, 3.8) is 0 Å². The zero-order valence-electron chi connectivity index (χ0n) is 13.5. The maximum absolute atomic E-state index is 10.9. The molecule has 6 nitrogen and oxygen atoms in total. The minimum Gasteiger partial charge on any atom is -0.492 e. The SMILES string of the molecule is COc1c2c(cc3c1OCO3)[C@@]13CCN(C2)[C@@H]1C[C@@H](O)C[C@H]3O.Cl. The number of hydrogen-bond acceptors (Lipinski definition) is 6. The Bertz CT molecular complexity index is 683. The van der Waals surface area contributed by atoms with Gasteiger partial charge in [-0.3, -0.25) is 4.90 Å². The number of benzene rings is 1. The van der Waals surface area contributed by atoms with Crippen LogP contribution in [0, 0.1) is 0 Å². The Labute approximate surface area is 146 Å². The molecule has 7 heteroatoms. The number of nitrogens with zero attached hydrogens (tertiary/aromatic N) is 1. The van der Waals surface area contributed by atoms with Crippen LogP contribution in [-0.4, -0.2) is 53.8 Å². The number of aliphatic hydroxyl groups is 2. The fourth-order valence-corrected chi connectivity index (χ4v) is 5.27. The minimum atomic E-state index is -0.551. The zero-order valence-corrected chi connectivity index (χ0v) is 14.3. The Morgan fingerprint density at radius 1 is 1.29 bits per heavy atom. The van der Waals surface area contributed by atoms with Gasteiger partial charge in [-0.2, -0.15) is 0 Å². The fraction of sp³-hybridized carbons (Fsp3) is 0.647. The van der Waals surface area contributed by atoms with Gasteiger partial charge in [0.2, 0.25) is 12.5 Å². The molecule has 1 aliphatic carbocycles. The standard InChI is InChI=1S/C17H21NO5.ClH/c1-21-15-10-7-18-3-2-17(13(18)4-9(19)5-14(17)20)11(10)6-12-16(15)23-8-22-12;/h6,9,13-14,19-20H,2-5,7-8H2,1H3;1H/t9-,13-,14-,17+;/m1./s1. The van der Waals surface area contributed by atoms with Gasteiger partial charge in [0.15, 0.2) is 11.5 Å². The number of ether oxygens (including phenoxy) is 3. The fourth-order valence-electron chi connectivity index (χ4n) is 5.27. The average Bonchev–Trinajstić information content (AvgIpc) is 3.08. The average molecular weight is 356 g/mol. The first-order valence-corrected chi connectivity index (χ1v) is 8.25. The highest BCUT2D eigenvalue weighted by Gasteiger charge is 2.60. The van der Waals surface area contributed by atoms with Crippen LogP contribution in [0.5, 0.6) is 17.2 Å². The van der Waals surface area contributed by atoms with Gasteiger partial charge in [0.1, 0.15) is 0 Å². The molecular weight excluding hydrogens is 334 g/mol. The summed E-state index contributed by atoms with van der Waals surface area (Å²) in [6.07, 6.45) is 1.07. The third-order valence-corrected chi connectivity index (χ3v) is 6.22. The van der Waals surface area contributed by atoms with Gasteiger partial charge in [0, 0.05) is 30.0 Å². The summed E-state index contributed by atoms with van der Waals surface area (Å²) < 4.78 is 16.8. The van der Waals surface area contributed by atoms with Crippen LogP contribution in [0.2, 0.25) is 0 Å². The van der Waals surface area contributed by atoms with Gasteiger partial charge in [-0.1, -0.05) is 0 Å². The van der Waals surface area contributed by atoms with E-state index in [1.165, 1.54) is 0 Å². The summed E-state index contributed by atoms with van der Waals surface area (Å²) in [5.41, 5.74) is 1.89. The second kappa shape index (κ2) is 5.39. The molecule has 2 bridgehead atoms. The Balaban J connectivity index is 0.00000146. The predicted octanol–water partition coefficient (Wildman–Crippen LogP) is 1.19. The quantitative estimate of drug-likeness (QED) is 0.788. The number of methoxy groups -OCH3 is 1. The summed E-state index contributed by atoms with van der Waals surface area (Å²) in [6.45, 7) is 1.90. The molecule has 1 aromatic carbocycles. The summed E-state index contributed by atoms with van der Waals surface area (Å²) >= 11 is 0. The van der Waals surface area contributed by atoms with Gasteiger partial charge in [0.25, 0.3) is 0 Å². The molecular formula is C17H22ClNO5. The number of hydrogen-bond donors (Lipinski definition) is 2. The molecule has 1 aromatic rings. The van der Waals surface area contributed by atoms with Crippen molar-refractivity contribution < 1.29 is 24.4 Å². The largest absolute Gasteiger partial charge is 0.492 e. The Hall–Kier alpha value is -1.21. The van der Waals surface area contributed by atoms with Crippen LogP contribution < -0.4 is 14.2 Å². The minimum absolute atomic E-state index is 0. The van der Waals surface area contributed by atoms with Crippen LogP contribution in [0.4, 0.5) is 0 Å². The van der Waals surface area contributed by atoms with Gasteiger partial charge in [-0.25, -0.2) is 0 Å². The van der Waals surface area contributed by atoms with Crippen molar-refractivity contribution in [2.24, 2.45) is 0 Å². The first kappa shape index (κ1) is 16.3. The van der Waals surface area contributed by atoms with E-state index in [0.717, 1.165) is 36.4 Å². The van der Waals surface area contributed by atoms with Crippen LogP contribution in [0.3, 0.4) is 0 Å². The van der Waals surface area contributed by atoms with Crippen molar-refractivity contribution in [2.75, 3.05) is 20.4 Å². The predicted molar refractivity (Wildman–Crippen MR) is 88.1 cm³/mol. The molecule has 5 rings (SSSR count). The molecule has 0 spiro atoms. The lowest BCUT2D eigenvalue weighted by atomic mass is 9.61. The number of halogens is 1. The highest BCUT2D eigenvalue weighted by molar-refractivity contribution is 5.85. The van der Waals surface area contributed by atoms with E-state index < -0.39 is 12.2 Å². The number of rotatable bonds is 1. The van der Waals surface area contributed by atoms with E-state index in [1.807, 2.05) is 6.07 Å². The first-order chi connectivity index (χ1) is 11.1. The highest BCUT2D eigenvalue weighted by Crippen LogP contribution is 2.58. The van der Waals surface area contributed by atoms with Crippen molar-refractivity contribution in [2.45, 2.75) is 49.5 Å². The summed E-state index contributed by atoms with van der Waals surface area (Å²) in [7, 11) is 1.65. The summed E-state index contributed by atoms with van der Waals surface area (Å²) in [5.74, 6) is 2.11. The lowest BCUT2D eigenvalue weighted by Crippen LogP contribution is -2.58. The van der Waals surface area contributed by atoms with Gasteiger partial charge in [-0.05, 0) is 31.0 Å². The van der Waals surface area contributed by atoms with Gasteiger partial charge >= 0.3 is 0 Å².